The van der Waals surface area contributed by atoms with Gasteiger partial charge < -0.3 is 9.31 Å². The maximum atomic E-state index is 12.0. The molecule has 0 unspecified atom stereocenters. The zero-order valence-corrected chi connectivity index (χ0v) is 17.6. The molecule has 26 heavy (non-hydrogen) atoms. The Hall–Kier alpha value is -2.23. The molecule has 0 aromatic heterocycles. The first-order chi connectivity index (χ1) is 12.7. The van der Waals surface area contributed by atoms with Gasteiger partial charge in [0.15, 0.2) is 0 Å². The molecule has 0 N–H and O–H groups in total. The zero-order chi connectivity index (χ0) is 20.1. The highest BCUT2D eigenvalue weighted by atomic mass is 16.6. The molecule has 3 rings (SSSR count). The van der Waals surface area contributed by atoms with Gasteiger partial charge in [-0.25, -0.2) is 4.79 Å². The van der Waals surface area contributed by atoms with Crippen molar-refractivity contribution in [2.75, 3.05) is 0 Å². The van der Waals surface area contributed by atoms with Crippen LogP contribution in [0.15, 0.2) is 42.5 Å². The summed E-state index contributed by atoms with van der Waals surface area (Å²) >= 11 is 0. The van der Waals surface area contributed by atoms with Crippen LogP contribution >= 0.6 is 0 Å². The smallest absolute Gasteiger partial charge is 0.521 e. The van der Waals surface area contributed by atoms with Crippen molar-refractivity contribution in [2.45, 2.75) is 61.8 Å². The molecule has 3 nitrogen and oxygen atoms in total. The minimum Gasteiger partial charge on any atom is -0.521 e. The molecular weight excluding hydrogens is 323 g/mol. The Morgan fingerprint density at radius 1 is 0.846 bits per heavy atom. The zero-order valence-electron chi connectivity index (χ0n) is 17.6. The topological polar surface area (TPSA) is 35.5 Å². The number of hydrogen-bond acceptors (Lipinski definition) is 3. The minimum atomic E-state index is -0.664. The summed E-state index contributed by atoms with van der Waals surface area (Å²) in [5.74, 6) is 0.252. The molecular formula is C22H33BO3. The van der Waals surface area contributed by atoms with Crippen LogP contribution in [0.2, 0.25) is 0 Å². The average molecular weight is 356 g/mol. The van der Waals surface area contributed by atoms with Crippen LogP contribution in [0.3, 0.4) is 0 Å². The minimum absolute atomic E-state index is 0.337. The van der Waals surface area contributed by atoms with Crippen LogP contribution in [0.25, 0.3) is 0 Å². The van der Waals surface area contributed by atoms with Gasteiger partial charge in [-0.3, -0.25) is 0 Å². The molecule has 4 heteroatoms. The van der Waals surface area contributed by atoms with E-state index >= 15 is 0 Å². The molecule has 2 aromatic rings. The van der Waals surface area contributed by atoms with Crippen LogP contribution in [-0.2, 0) is 11.1 Å². The van der Waals surface area contributed by atoms with Gasteiger partial charge in [-0.05, 0) is 36.6 Å². The maximum absolute atomic E-state index is 12.0. The third kappa shape index (κ3) is 6.25. The van der Waals surface area contributed by atoms with Crippen molar-refractivity contribution in [2.24, 2.45) is 0 Å². The number of aryl methyl sites for hydroxylation is 2. The molecule has 0 fully saturated rings. The first-order valence-corrected chi connectivity index (χ1v) is 9.74. The molecule has 0 saturated carbocycles. The van der Waals surface area contributed by atoms with Crippen molar-refractivity contribution < 1.29 is 14.1 Å². The van der Waals surface area contributed by atoms with Gasteiger partial charge in [-0.2, -0.15) is 0 Å². The van der Waals surface area contributed by atoms with E-state index in [1.54, 1.807) is 6.07 Å². The van der Waals surface area contributed by atoms with Gasteiger partial charge in [-0.1, -0.05) is 78.8 Å². The van der Waals surface area contributed by atoms with E-state index in [9.17, 15) is 4.79 Å². The van der Waals surface area contributed by atoms with Crippen LogP contribution < -0.4 is 10.1 Å². The van der Waals surface area contributed by atoms with Crippen LogP contribution in [-0.4, -0.2) is 13.1 Å². The maximum Gasteiger partial charge on any atom is 0.634 e. The SMILES string of the molecule is CC.CC.CC.CCc1ccc(B2OC(=O)c3ccc(C)cc3O2)cc1. The highest BCUT2D eigenvalue weighted by molar-refractivity contribution is 6.64. The van der Waals surface area contributed by atoms with E-state index < -0.39 is 7.12 Å². The molecule has 0 aliphatic carbocycles. The summed E-state index contributed by atoms with van der Waals surface area (Å²) in [6.45, 7) is 16.1. The van der Waals surface area contributed by atoms with Crippen LogP contribution in [0, 0.1) is 6.92 Å². The first kappa shape index (κ1) is 23.8. The van der Waals surface area contributed by atoms with E-state index in [1.807, 2.05) is 84.9 Å². The summed E-state index contributed by atoms with van der Waals surface area (Å²) in [4.78, 5) is 12.0. The van der Waals surface area contributed by atoms with Gasteiger partial charge in [0.25, 0.3) is 0 Å². The predicted molar refractivity (Wildman–Crippen MR) is 112 cm³/mol. The lowest BCUT2D eigenvalue weighted by molar-refractivity contribution is 0.0687. The fourth-order valence-corrected chi connectivity index (χ4v) is 2.24. The Kier molecular flexibility index (Phi) is 11.9. The summed E-state index contributed by atoms with van der Waals surface area (Å²) in [6.07, 6.45) is 0.980. The standard InChI is InChI=1S/C16H15BO3.3C2H6/c1-3-12-5-7-13(8-6-12)17-19-15-10-11(2)4-9-14(15)16(18)20-17;3*1-2/h4-10H,3H2,1-2H3;3*1-2H3. The van der Waals surface area contributed by atoms with E-state index in [4.69, 9.17) is 9.31 Å². The first-order valence-electron chi connectivity index (χ1n) is 9.74. The third-order valence-corrected chi connectivity index (χ3v) is 3.47. The summed E-state index contributed by atoms with van der Waals surface area (Å²) in [7, 11) is -0.664. The Morgan fingerprint density at radius 2 is 1.42 bits per heavy atom. The van der Waals surface area contributed by atoms with Crippen molar-refractivity contribution in [3.8, 4) is 5.75 Å². The Bertz CT molecular complexity index is 651. The molecule has 0 saturated heterocycles. The second-order valence-corrected chi connectivity index (χ2v) is 4.95. The molecule has 0 amide bonds. The summed E-state index contributed by atoms with van der Waals surface area (Å²) in [5, 5.41) is 0. The normalized spacial score (nSPS) is 11.1. The lowest BCUT2D eigenvalue weighted by Gasteiger charge is -2.23. The molecule has 0 spiro atoms. The monoisotopic (exact) mass is 356 g/mol. The predicted octanol–water partition coefficient (Wildman–Crippen LogP) is 5.58. The van der Waals surface area contributed by atoms with Crippen molar-refractivity contribution in [3.63, 3.8) is 0 Å². The summed E-state index contributed by atoms with van der Waals surface area (Å²) < 4.78 is 11.2. The number of fused-ring (bicyclic) bond motifs is 1. The number of carbonyl (C=O) groups is 1. The molecule has 142 valence electrons. The molecule has 1 aliphatic rings. The lowest BCUT2D eigenvalue weighted by Crippen LogP contribution is -2.44. The molecule has 2 aromatic carbocycles. The van der Waals surface area contributed by atoms with Crippen molar-refractivity contribution in [1.29, 1.82) is 0 Å². The van der Waals surface area contributed by atoms with Crippen molar-refractivity contribution in [3.05, 3.63) is 59.2 Å². The van der Waals surface area contributed by atoms with E-state index in [1.165, 1.54) is 5.56 Å². The second-order valence-electron chi connectivity index (χ2n) is 4.95. The van der Waals surface area contributed by atoms with E-state index in [2.05, 4.69) is 6.92 Å². The van der Waals surface area contributed by atoms with E-state index in [0.717, 1.165) is 17.4 Å². The number of carbonyl (C=O) groups excluding carboxylic acids is 1. The number of rotatable bonds is 2. The van der Waals surface area contributed by atoms with Gasteiger partial charge in [0.1, 0.15) is 5.75 Å². The number of benzene rings is 2. The summed E-state index contributed by atoms with van der Waals surface area (Å²) in [6, 6.07) is 13.4. The molecule has 1 heterocycles. The Balaban J connectivity index is 0.000000948. The van der Waals surface area contributed by atoms with Gasteiger partial charge in [0.2, 0.25) is 0 Å². The fraction of sp³-hybridized carbons (Fsp3) is 0.409. The highest BCUT2D eigenvalue weighted by Crippen LogP contribution is 2.26. The van der Waals surface area contributed by atoms with Crippen molar-refractivity contribution >= 4 is 18.6 Å². The summed E-state index contributed by atoms with van der Waals surface area (Å²) in [5.41, 5.74) is 3.63. The average Bonchev–Trinajstić information content (AvgIpc) is 2.72. The van der Waals surface area contributed by atoms with Gasteiger partial charge in [-0.15, -0.1) is 0 Å². The second kappa shape index (κ2) is 13.0. The Labute approximate surface area is 159 Å². The van der Waals surface area contributed by atoms with Crippen LogP contribution in [0.1, 0.15) is 70.0 Å². The van der Waals surface area contributed by atoms with E-state index in [-0.39, 0.29) is 5.97 Å². The molecule has 0 bridgehead atoms. The highest BCUT2D eigenvalue weighted by Gasteiger charge is 2.35. The van der Waals surface area contributed by atoms with Gasteiger partial charge in [0, 0.05) is 5.46 Å². The van der Waals surface area contributed by atoms with E-state index in [0.29, 0.717) is 11.3 Å². The number of hydrogen-bond donors (Lipinski definition) is 0. The molecule has 0 radical (unpaired) electrons. The quantitative estimate of drug-likeness (QED) is 0.659. The molecule has 0 atom stereocenters. The van der Waals surface area contributed by atoms with Crippen molar-refractivity contribution in [1.82, 2.24) is 0 Å². The molecule has 1 aliphatic heterocycles. The largest absolute Gasteiger partial charge is 0.634 e. The van der Waals surface area contributed by atoms with Gasteiger partial charge >= 0.3 is 13.1 Å². The van der Waals surface area contributed by atoms with Crippen LogP contribution in [0.5, 0.6) is 5.75 Å². The van der Waals surface area contributed by atoms with Crippen LogP contribution in [0.4, 0.5) is 0 Å². The lowest BCUT2D eigenvalue weighted by atomic mass is 9.77. The third-order valence-electron chi connectivity index (χ3n) is 3.47. The fourth-order valence-electron chi connectivity index (χ4n) is 2.24. The van der Waals surface area contributed by atoms with Gasteiger partial charge in [0.05, 0.1) is 5.56 Å². The Morgan fingerprint density at radius 3 is 1.96 bits per heavy atom.